The fraction of sp³-hybridized carbons (Fsp3) is 0.417. The van der Waals surface area contributed by atoms with E-state index in [1.807, 2.05) is 0 Å². The molecule has 1 saturated carbocycles. The van der Waals surface area contributed by atoms with E-state index in [9.17, 15) is 9.59 Å². The summed E-state index contributed by atoms with van der Waals surface area (Å²) < 4.78 is 0.580. The molecule has 0 radical (unpaired) electrons. The van der Waals surface area contributed by atoms with Crippen LogP contribution in [0.1, 0.15) is 36.0 Å². The third-order valence-electron chi connectivity index (χ3n) is 3.17. The van der Waals surface area contributed by atoms with Crippen LogP contribution < -0.4 is 5.32 Å². The van der Waals surface area contributed by atoms with Crippen molar-refractivity contribution in [3.05, 3.63) is 28.5 Å². The van der Waals surface area contributed by atoms with Crippen molar-refractivity contribution < 1.29 is 14.7 Å². The first kappa shape index (κ1) is 13.0. The molecular formula is C12H13BrN2O3. The Bertz CT molecular complexity index is 486. The number of halogens is 1. The third kappa shape index (κ3) is 2.87. The second kappa shape index (κ2) is 5.06. The molecule has 1 fully saturated rings. The van der Waals surface area contributed by atoms with Crippen LogP contribution in [0.3, 0.4) is 0 Å². The summed E-state index contributed by atoms with van der Waals surface area (Å²) in [4.78, 5) is 26.8. The first-order valence-electron chi connectivity index (χ1n) is 5.67. The van der Waals surface area contributed by atoms with E-state index in [0.29, 0.717) is 10.2 Å². The molecule has 1 aromatic rings. The molecule has 5 nitrogen and oxygen atoms in total. The van der Waals surface area contributed by atoms with Crippen molar-refractivity contribution in [1.29, 1.82) is 0 Å². The highest BCUT2D eigenvalue weighted by molar-refractivity contribution is 9.10. The second-order valence-corrected chi connectivity index (χ2v) is 5.34. The zero-order valence-corrected chi connectivity index (χ0v) is 11.2. The van der Waals surface area contributed by atoms with Gasteiger partial charge in [0.25, 0.3) is 5.91 Å². The minimum atomic E-state index is -0.883. The van der Waals surface area contributed by atoms with Gasteiger partial charge in [0.15, 0.2) is 0 Å². The Morgan fingerprint density at radius 2 is 2.22 bits per heavy atom. The van der Waals surface area contributed by atoms with Gasteiger partial charge in [-0.25, -0.2) is 4.98 Å². The molecule has 0 saturated heterocycles. The van der Waals surface area contributed by atoms with Gasteiger partial charge in [-0.1, -0.05) is 0 Å². The molecule has 0 bridgehead atoms. The summed E-state index contributed by atoms with van der Waals surface area (Å²) in [5.74, 6) is -1.13. The SMILES string of the molecule is O=C(O)CC1(NC(=O)c2ccnc(Br)c2)CCC1. The molecule has 0 aromatic carbocycles. The fourth-order valence-corrected chi connectivity index (χ4v) is 2.46. The predicted molar refractivity (Wildman–Crippen MR) is 68.2 cm³/mol. The van der Waals surface area contributed by atoms with Crippen LogP contribution >= 0.6 is 15.9 Å². The summed E-state index contributed by atoms with van der Waals surface area (Å²) in [7, 11) is 0. The first-order chi connectivity index (χ1) is 8.51. The number of nitrogens with one attached hydrogen (secondary N) is 1. The number of carbonyl (C=O) groups excluding carboxylic acids is 1. The largest absolute Gasteiger partial charge is 0.481 e. The van der Waals surface area contributed by atoms with Crippen LogP contribution in [0.4, 0.5) is 0 Å². The molecule has 96 valence electrons. The quantitative estimate of drug-likeness (QED) is 0.833. The van der Waals surface area contributed by atoms with E-state index in [1.54, 1.807) is 12.1 Å². The number of hydrogen-bond acceptors (Lipinski definition) is 3. The van der Waals surface area contributed by atoms with E-state index < -0.39 is 11.5 Å². The Morgan fingerprint density at radius 3 is 2.72 bits per heavy atom. The van der Waals surface area contributed by atoms with Crippen molar-refractivity contribution in [2.75, 3.05) is 0 Å². The Kier molecular flexibility index (Phi) is 3.65. The normalized spacial score (nSPS) is 16.7. The predicted octanol–water partition coefficient (Wildman–Crippen LogP) is 1.97. The molecule has 1 aliphatic carbocycles. The monoisotopic (exact) mass is 312 g/mol. The van der Waals surface area contributed by atoms with Crippen LogP contribution in [0, 0.1) is 0 Å². The second-order valence-electron chi connectivity index (χ2n) is 4.53. The molecule has 0 atom stereocenters. The molecule has 0 spiro atoms. The van der Waals surface area contributed by atoms with Crippen molar-refractivity contribution >= 4 is 27.8 Å². The number of hydrogen-bond donors (Lipinski definition) is 2. The zero-order chi connectivity index (χ0) is 13.2. The van der Waals surface area contributed by atoms with Gasteiger partial charge in [0, 0.05) is 11.8 Å². The fourth-order valence-electron chi connectivity index (χ4n) is 2.10. The summed E-state index contributed by atoms with van der Waals surface area (Å²) in [5, 5.41) is 11.7. The molecule has 0 unspecified atom stereocenters. The number of carbonyl (C=O) groups is 2. The number of pyridine rings is 1. The summed E-state index contributed by atoms with van der Waals surface area (Å²) in [6, 6.07) is 3.22. The maximum Gasteiger partial charge on any atom is 0.305 e. The molecule has 18 heavy (non-hydrogen) atoms. The maximum atomic E-state index is 12.0. The van der Waals surface area contributed by atoms with E-state index in [-0.39, 0.29) is 12.3 Å². The van der Waals surface area contributed by atoms with Crippen molar-refractivity contribution in [3.63, 3.8) is 0 Å². The molecule has 2 rings (SSSR count). The average molecular weight is 313 g/mol. The highest BCUT2D eigenvalue weighted by Crippen LogP contribution is 2.35. The minimum Gasteiger partial charge on any atom is -0.481 e. The van der Waals surface area contributed by atoms with Crippen LogP contribution in [0.25, 0.3) is 0 Å². The van der Waals surface area contributed by atoms with Gasteiger partial charge in [-0.15, -0.1) is 0 Å². The van der Waals surface area contributed by atoms with Gasteiger partial charge < -0.3 is 10.4 Å². The molecule has 2 N–H and O–H groups in total. The van der Waals surface area contributed by atoms with Crippen LogP contribution in [-0.2, 0) is 4.79 Å². The molecule has 1 heterocycles. The van der Waals surface area contributed by atoms with Crippen molar-refractivity contribution in [3.8, 4) is 0 Å². The van der Waals surface area contributed by atoms with Crippen LogP contribution in [0.5, 0.6) is 0 Å². The van der Waals surface area contributed by atoms with E-state index in [4.69, 9.17) is 5.11 Å². The molecule has 0 aliphatic heterocycles. The van der Waals surface area contributed by atoms with Gasteiger partial charge in [0.05, 0.1) is 12.0 Å². The third-order valence-corrected chi connectivity index (χ3v) is 3.60. The Labute approximate surface area is 113 Å². The van der Waals surface area contributed by atoms with Crippen molar-refractivity contribution in [2.24, 2.45) is 0 Å². The Hall–Kier alpha value is -1.43. The van der Waals surface area contributed by atoms with E-state index >= 15 is 0 Å². The smallest absolute Gasteiger partial charge is 0.305 e. The lowest BCUT2D eigenvalue weighted by Gasteiger charge is -2.41. The standard InChI is InChI=1S/C12H13BrN2O3/c13-9-6-8(2-5-14-9)11(18)15-12(3-1-4-12)7-10(16)17/h2,5-6H,1,3-4,7H2,(H,15,18)(H,16,17). The lowest BCUT2D eigenvalue weighted by Crippen LogP contribution is -2.54. The number of aromatic nitrogens is 1. The van der Waals surface area contributed by atoms with Crippen molar-refractivity contribution in [1.82, 2.24) is 10.3 Å². The van der Waals surface area contributed by atoms with E-state index in [0.717, 1.165) is 19.3 Å². The number of nitrogens with zero attached hydrogens (tertiary/aromatic N) is 1. The summed E-state index contributed by atoms with van der Waals surface area (Å²) >= 11 is 3.20. The molecule has 1 amide bonds. The lowest BCUT2D eigenvalue weighted by molar-refractivity contribution is -0.139. The summed E-state index contributed by atoms with van der Waals surface area (Å²) in [6.07, 6.45) is 3.90. The number of rotatable bonds is 4. The van der Waals surface area contributed by atoms with Gasteiger partial charge in [-0.05, 0) is 47.3 Å². The van der Waals surface area contributed by atoms with Crippen LogP contribution in [-0.4, -0.2) is 27.5 Å². The minimum absolute atomic E-state index is 0.0228. The number of amides is 1. The number of carboxylic acid groups (broad SMARTS) is 1. The highest BCUT2D eigenvalue weighted by Gasteiger charge is 2.40. The van der Waals surface area contributed by atoms with E-state index in [1.165, 1.54) is 6.20 Å². The Balaban J connectivity index is 2.08. The molecule has 1 aliphatic rings. The van der Waals surface area contributed by atoms with Gasteiger partial charge in [-0.3, -0.25) is 9.59 Å². The van der Waals surface area contributed by atoms with Gasteiger partial charge in [-0.2, -0.15) is 0 Å². The summed E-state index contributed by atoms with van der Waals surface area (Å²) in [5.41, 5.74) is -0.0906. The van der Waals surface area contributed by atoms with Gasteiger partial charge in [0.1, 0.15) is 4.60 Å². The maximum absolute atomic E-state index is 12.0. The molecule has 1 aromatic heterocycles. The zero-order valence-electron chi connectivity index (χ0n) is 9.65. The Morgan fingerprint density at radius 1 is 1.50 bits per heavy atom. The number of carboxylic acids is 1. The molecular weight excluding hydrogens is 300 g/mol. The first-order valence-corrected chi connectivity index (χ1v) is 6.46. The topological polar surface area (TPSA) is 79.3 Å². The average Bonchev–Trinajstić information content (AvgIpc) is 2.25. The van der Waals surface area contributed by atoms with Gasteiger partial charge >= 0.3 is 5.97 Å². The molecule has 6 heteroatoms. The number of aliphatic carboxylic acids is 1. The van der Waals surface area contributed by atoms with Crippen LogP contribution in [0.15, 0.2) is 22.9 Å². The highest BCUT2D eigenvalue weighted by atomic mass is 79.9. The van der Waals surface area contributed by atoms with E-state index in [2.05, 4.69) is 26.2 Å². The lowest BCUT2D eigenvalue weighted by atomic mass is 9.74. The summed E-state index contributed by atoms with van der Waals surface area (Å²) in [6.45, 7) is 0. The van der Waals surface area contributed by atoms with Gasteiger partial charge in [0.2, 0.25) is 0 Å². The van der Waals surface area contributed by atoms with Crippen LogP contribution in [0.2, 0.25) is 0 Å². The van der Waals surface area contributed by atoms with Crippen molar-refractivity contribution in [2.45, 2.75) is 31.2 Å².